The first-order valence-corrected chi connectivity index (χ1v) is 17.4. The highest BCUT2D eigenvalue weighted by molar-refractivity contribution is 5.72. The van der Waals surface area contributed by atoms with Gasteiger partial charge in [0.05, 0.1) is 5.92 Å². The fourth-order valence-corrected chi connectivity index (χ4v) is 4.80. The lowest BCUT2D eigenvalue weighted by Gasteiger charge is -2.19. The summed E-state index contributed by atoms with van der Waals surface area (Å²) in [6, 6.07) is 0. The SMILES string of the molecule is CCCCCCCCCCCCCC(=O)OCC(COC(=O)CCCCCCCCCCCCC)OC(=O)C(C)C. The molecule has 6 nitrogen and oxygen atoms in total. The summed E-state index contributed by atoms with van der Waals surface area (Å²) in [7, 11) is 0. The summed E-state index contributed by atoms with van der Waals surface area (Å²) in [6.07, 6.45) is 26.9. The van der Waals surface area contributed by atoms with Crippen LogP contribution >= 0.6 is 0 Å². The highest BCUT2D eigenvalue weighted by Gasteiger charge is 2.21. The van der Waals surface area contributed by atoms with Crippen LogP contribution in [-0.4, -0.2) is 37.2 Å². The number of carbonyl (C=O) groups is 3. The summed E-state index contributed by atoms with van der Waals surface area (Å²) in [5.74, 6) is -1.29. The molecule has 0 aromatic heterocycles. The molecule has 0 aromatic rings. The summed E-state index contributed by atoms with van der Waals surface area (Å²) < 4.78 is 16.2. The molecule has 0 atom stereocenters. The lowest BCUT2D eigenvalue weighted by molar-refractivity contribution is -0.169. The molecule has 0 amide bonds. The maximum Gasteiger partial charge on any atom is 0.308 e. The topological polar surface area (TPSA) is 78.9 Å². The second kappa shape index (κ2) is 29.9. The van der Waals surface area contributed by atoms with Crippen LogP contribution in [0.15, 0.2) is 0 Å². The normalized spacial score (nSPS) is 11.3. The largest absolute Gasteiger partial charge is 0.462 e. The Bertz CT molecular complexity index is 576. The van der Waals surface area contributed by atoms with Gasteiger partial charge in [0.25, 0.3) is 0 Å². The Morgan fingerprint density at radius 1 is 0.463 bits per heavy atom. The van der Waals surface area contributed by atoms with E-state index >= 15 is 0 Å². The van der Waals surface area contributed by atoms with Gasteiger partial charge in [-0.15, -0.1) is 0 Å². The molecule has 0 aliphatic rings. The first kappa shape index (κ1) is 39.4. The Kier molecular flexibility index (Phi) is 28.7. The van der Waals surface area contributed by atoms with Crippen LogP contribution in [0.2, 0.25) is 0 Å². The zero-order valence-electron chi connectivity index (χ0n) is 27.5. The van der Waals surface area contributed by atoms with Gasteiger partial charge >= 0.3 is 17.9 Å². The van der Waals surface area contributed by atoms with E-state index in [9.17, 15) is 14.4 Å². The number of rotatable bonds is 30. The van der Waals surface area contributed by atoms with Gasteiger partial charge in [0.1, 0.15) is 13.2 Å². The van der Waals surface area contributed by atoms with Crippen LogP contribution in [0.1, 0.15) is 182 Å². The fourth-order valence-electron chi connectivity index (χ4n) is 4.80. The second-order valence-electron chi connectivity index (χ2n) is 12.2. The molecule has 0 aromatic carbocycles. The van der Waals surface area contributed by atoms with E-state index in [4.69, 9.17) is 14.2 Å². The van der Waals surface area contributed by atoms with Gasteiger partial charge in [0.15, 0.2) is 6.10 Å². The van der Waals surface area contributed by atoms with E-state index in [0.29, 0.717) is 12.8 Å². The van der Waals surface area contributed by atoms with Gasteiger partial charge in [-0.05, 0) is 12.8 Å². The first-order chi connectivity index (χ1) is 19.9. The van der Waals surface area contributed by atoms with Gasteiger partial charge < -0.3 is 14.2 Å². The van der Waals surface area contributed by atoms with Gasteiger partial charge in [-0.3, -0.25) is 14.4 Å². The van der Waals surface area contributed by atoms with Crippen molar-refractivity contribution >= 4 is 17.9 Å². The van der Waals surface area contributed by atoms with Crippen molar-refractivity contribution in [3.8, 4) is 0 Å². The summed E-state index contributed by atoms with van der Waals surface area (Å²) in [5, 5.41) is 0. The molecule has 0 N–H and O–H groups in total. The summed E-state index contributed by atoms with van der Waals surface area (Å²) in [5.41, 5.74) is 0. The van der Waals surface area contributed by atoms with Crippen LogP contribution in [0.25, 0.3) is 0 Å². The molecule has 0 spiro atoms. The maximum atomic E-state index is 12.2. The molecular formula is C35H66O6. The zero-order valence-corrected chi connectivity index (χ0v) is 27.5. The Balaban J connectivity index is 4.00. The van der Waals surface area contributed by atoms with E-state index < -0.39 is 12.1 Å². The number of unbranched alkanes of at least 4 members (excludes halogenated alkanes) is 20. The third-order valence-corrected chi connectivity index (χ3v) is 7.58. The Hall–Kier alpha value is -1.59. The molecular weight excluding hydrogens is 516 g/mol. The predicted octanol–water partition coefficient (Wildman–Crippen LogP) is 10.0. The van der Waals surface area contributed by atoms with E-state index in [1.807, 2.05) is 0 Å². The molecule has 0 heterocycles. The lowest BCUT2D eigenvalue weighted by atomic mass is 10.1. The molecule has 0 radical (unpaired) electrons. The number of hydrogen-bond acceptors (Lipinski definition) is 6. The molecule has 0 aliphatic carbocycles. The van der Waals surface area contributed by atoms with Crippen LogP contribution in [-0.2, 0) is 28.6 Å². The van der Waals surface area contributed by atoms with Gasteiger partial charge in [-0.1, -0.05) is 156 Å². The van der Waals surface area contributed by atoms with Gasteiger partial charge in [0, 0.05) is 12.8 Å². The fraction of sp³-hybridized carbons (Fsp3) is 0.914. The lowest BCUT2D eigenvalue weighted by Crippen LogP contribution is -2.32. The summed E-state index contributed by atoms with van der Waals surface area (Å²) >= 11 is 0. The predicted molar refractivity (Wildman–Crippen MR) is 169 cm³/mol. The van der Waals surface area contributed by atoms with Crippen LogP contribution in [0, 0.1) is 5.92 Å². The number of hydrogen-bond donors (Lipinski definition) is 0. The van der Waals surface area contributed by atoms with E-state index in [1.165, 1.54) is 103 Å². The Labute approximate surface area is 253 Å². The highest BCUT2D eigenvalue weighted by Crippen LogP contribution is 2.14. The average Bonchev–Trinajstić information content (AvgIpc) is 2.95. The molecule has 0 saturated carbocycles. The molecule has 242 valence electrons. The van der Waals surface area contributed by atoms with Crippen molar-refractivity contribution in [2.24, 2.45) is 5.92 Å². The Morgan fingerprint density at radius 3 is 1.05 bits per heavy atom. The van der Waals surface area contributed by atoms with Crippen LogP contribution in [0.4, 0.5) is 0 Å². The highest BCUT2D eigenvalue weighted by atomic mass is 16.6. The first-order valence-electron chi connectivity index (χ1n) is 17.4. The van der Waals surface area contributed by atoms with Crippen molar-refractivity contribution in [3.63, 3.8) is 0 Å². The number of ether oxygens (including phenoxy) is 3. The van der Waals surface area contributed by atoms with Crippen molar-refractivity contribution in [1.82, 2.24) is 0 Å². The van der Waals surface area contributed by atoms with Crippen molar-refractivity contribution in [1.29, 1.82) is 0 Å². The maximum absolute atomic E-state index is 12.2. The monoisotopic (exact) mass is 582 g/mol. The molecule has 0 saturated heterocycles. The summed E-state index contributed by atoms with van der Waals surface area (Å²) in [6.45, 7) is 7.82. The minimum absolute atomic E-state index is 0.0823. The molecule has 41 heavy (non-hydrogen) atoms. The molecule has 6 heteroatoms. The summed E-state index contributed by atoms with van der Waals surface area (Å²) in [4.78, 5) is 36.6. The van der Waals surface area contributed by atoms with Crippen molar-refractivity contribution in [3.05, 3.63) is 0 Å². The third kappa shape index (κ3) is 28.3. The van der Waals surface area contributed by atoms with Crippen LogP contribution in [0.5, 0.6) is 0 Å². The Morgan fingerprint density at radius 2 is 0.756 bits per heavy atom. The van der Waals surface area contributed by atoms with Gasteiger partial charge in [0.2, 0.25) is 0 Å². The number of carbonyl (C=O) groups excluding carboxylic acids is 3. The number of esters is 3. The molecule has 0 bridgehead atoms. The van der Waals surface area contributed by atoms with Gasteiger partial charge in [-0.25, -0.2) is 0 Å². The second-order valence-corrected chi connectivity index (χ2v) is 12.2. The van der Waals surface area contributed by atoms with E-state index in [1.54, 1.807) is 13.8 Å². The molecule has 0 aliphatic heterocycles. The zero-order chi connectivity index (χ0) is 30.4. The van der Waals surface area contributed by atoms with E-state index in [-0.39, 0.29) is 31.1 Å². The smallest absolute Gasteiger partial charge is 0.308 e. The van der Waals surface area contributed by atoms with Gasteiger partial charge in [-0.2, -0.15) is 0 Å². The van der Waals surface area contributed by atoms with Crippen LogP contribution in [0.3, 0.4) is 0 Å². The quantitative estimate of drug-likeness (QED) is 0.0476. The average molecular weight is 583 g/mol. The van der Waals surface area contributed by atoms with Crippen LogP contribution < -0.4 is 0 Å². The standard InChI is InChI=1S/C35H66O6/c1-5-7-9-11-13-15-17-19-21-23-25-27-33(36)39-29-32(41-35(38)31(3)4)30-40-34(37)28-26-24-22-20-18-16-14-12-10-8-6-2/h31-32H,5-30H2,1-4H3. The van der Waals surface area contributed by atoms with Crippen molar-refractivity contribution < 1.29 is 28.6 Å². The molecule has 0 fully saturated rings. The minimum Gasteiger partial charge on any atom is -0.462 e. The minimum atomic E-state index is -0.771. The van der Waals surface area contributed by atoms with E-state index in [2.05, 4.69) is 13.8 Å². The van der Waals surface area contributed by atoms with E-state index in [0.717, 1.165) is 38.5 Å². The van der Waals surface area contributed by atoms with Crippen molar-refractivity contribution in [2.45, 2.75) is 188 Å². The molecule has 0 rings (SSSR count). The molecule has 0 unspecified atom stereocenters. The van der Waals surface area contributed by atoms with Crippen molar-refractivity contribution in [2.75, 3.05) is 13.2 Å². The third-order valence-electron chi connectivity index (χ3n) is 7.58.